The summed E-state index contributed by atoms with van der Waals surface area (Å²) >= 11 is 0. The molecule has 0 spiro atoms. The van der Waals surface area contributed by atoms with Crippen LogP contribution < -0.4 is 23.8 Å². The van der Waals surface area contributed by atoms with Crippen molar-refractivity contribution in [2.75, 3.05) is 31.7 Å². The number of amides is 1. The quantitative estimate of drug-likeness (QED) is 0.487. The molecule has 0 saturated carbocycles. The second kappa shape index (κ2) is 10.7. The van der Waals surface area contributed by atoms with Crippen molar-refractivity contribution in [1.82, 2.24) is 5.32 Å². The number of methoxy groups -OCH3 is 2. The van der Waals surface area contributed by atoms with Crippen LogP contribution in [0.15, 0.2) is 71.6 Å². The summed E-state index contributed by atoms with van der Waals surface area (Å²) in [5.74, 6) is 1.28. The van der Waals surface area contributed by atoms with Crippen LogP contribution in [0.4, 0.5) is 5.69 Å². The standard InChI is InChI=1S/C26H28N2O6S/c1-32-24-10-5-11-25(33-2)22(24)17-27-26(29)18-34-20-12-14-21(15-13-20)35(30,31)28-16-6-8-19-7-3-4-9-23(19)28/h3-5,7,9-15H,6,8,16-18H2,1-2H3,(H,27,29). The van der Waals surface area contributed by atoms with E-state index < -0.39 is 10.0 Å². The van der Waals surface area contributed by atoms with Crippen LogP contribution in [0, 0.1) is 0 Å². The molecule has 9 heteroatoms. The van der Waals surface area contributed by atoms with Gasteiger partial charge >= 0.3 is 0 Å². The van der Waals surface area contributed by atoms with Crippen molar-refractivity contribution in [3.8, 4) is 17.2 Å². The predicted molar refractivity (Wildman–Crippen MR) is 133 cm³/mol. The van der Waals surface area contributed by atoms with Crippen molar-refractivity contribution in [3.05, 3.63) is 77.9 Å². The van der Waals surface area contributed by atoms with Gasteiger partial charge in [0.25, 0.3) is 15.9 Å². The largest absolute Gasteiger partial charge is 0.496 e. The van der Waals surface area contributed by atoms with Gasteiger partial charge in [-0.05, 0) is 60.9 Å². The highest BCUT2D eigenvalue weighted by Crippen LogP contribution is 2.32. The first kappa shape index (κ1) is 24.4. The zero-order chi connectivity index (χ0) is 24.8. The van der Waals surface area contributed by atoms with Crippen LogP contribution in [-0.4, -0.2) is 41.7 Å². The molecular weight excluding hydrogens is 468 g/mol. The third-order valence-electron chi connectivity index (χ3n) is 5.84. The normalized spacial score (nSPS) is 13.0. The van der Waals surface area contributed by atoms with Crippen molar-refractivity contribution < 1.29 is 27.4 Å². The predicted octanol–water partition coefficient (Wildman–Crippen LogP) is 3.54. The number of carbonyl (C=O) groups is 1. The highest BCUT2D eigenvalue weighted by molar-refractivity contribution is 7.92. The van der Waals surface area contributed by atoms with Crippen molar-refractivity contribution in [3.63, 3.8) is 0 Å². The van der Waals surface area contributed by atoms with E-state index in [-0.39, 0.29) is 24.0 Å². The lowest BCUT2D eigenvalue weighted by atomic mass is 10.0. The third kappa shape index (κ3) is 5.35. The molecule has 0 aromatic heterocycles. The molecule has 1 amide bonds. The fraction of sp³-hybridized carbons (Fsp3) is 0.269. The Kier molecular flexibility index (Phi) is 7.45. The van der Waals surface area contributed by atoms with Gasteiger partial charge in [0.1, 0.15) is 17.2 Å². The van der Waals surface area contributed by atoms with Gasteiger partial charge in [0.15, 0.2) is 6.61 Å². The number of hydrogen-bond donors (Lipinski definition) is 1. The van der Waals surface area contributed by atoms with Gasteiger partial charge < -0.3 is 19.5 Å². The maximum absolute atomic E-state index is 13.3. The number of nitrogens with zero attached hydrogens (tertiary/aromatic N) is 1. The molecular formula is C26H28N2O6S. The van der Waals surface area contributed by atoms with E-state index >= 15 is 0 Å². The lowest BCUT2D eigenvalue weighted by Gasteiger charge is -2.30. The number of carbonyl (C=O) groups excluding carboxylic acids is 1. The molecule has 0 unspecified atom stereocenters. The molecule has 1 aliphatic heterocycles. The van der Waals surface area contributed by atoms with Crippen LogP contribution in [0.3, 0.4) is 0 Å². The number of benzene rings is 3. The van der Waals surface area contributed by atoms with E-state index in [1.165, 1.54) is 16.4 Å². The Bertz CT molecular complexity index is 1270. The third-order valence-corrected chi connectivity index (χ3v) is 7.67. The summed E-state index contributed by atoms with van der Waals surface area (Å²) in [6.45, 7) is 0.432. The van der Waals surface area contributed by atoms with Gasteiger partial charge in [-0.3, -0.25) is 9.10 Å². The Hall–Kier alpha value is -3.72. The molecule has 1 heterocycles. The second-order valence-corrected chi connectivity index (χ2v) is 9.85. The van der Waals surface area contributed by atoms with Crippen molar-refractivity contribution in [2.24, 2.45) is 0 Å². The number of hydrogen-bond acceptors (Lipinski definition) is 6. The van der Waals surface area contributed by atoms with E-state index in [1.54, 1.807) is 44.6 Å². The maximum Gasteiger partial charge on any atom is 0.264 e. The van der Waals surface area contributed by atoms with Gasteiger partial charge in [0.2, 0.25) is 0 Å². The number of anilines is 1. The fourth-order valence-corrected chi connectivity index (χ4v) is 5.61. The molecule has 0 fully saturated rings. The molecule has 0 saturated heterocycles. The number of para-hydroxylation sites is 1. The van der Waals surface area contributed by atoms with Crippen LogP contribution in [0.25, 0.3) is 0 Å². The highest BCUT2D eigenvalue weighted by atomic mass is 32.2. The van der Waals surface area contributed by atoms with Gasteiger partial charge in [-0.15, -0.1) is 0 Å². The molecule has 0 atom stereocenters. The van der Waals surface area contributed by atoms with Gasteiger partial charge in [0.05, 0.1) is 36.9 Å². The first-order chi connectivity index (χ1) is 16.9. The molecule has 35 heavy (non-hydrogen) atoms. The average molecular weight is 497 g/mol. The number of fused-ring (bicyclic) bond motifs is 1. The van der Waals surface area contributed by atoms with Gasteiger partial charge in [-0.2, -0.15) is 0 Å². The van der Waals surface area contributed by atoms with Crippen LogP contribution in [0.2, 0.25) is 0 Å². The van der Waals surface area contributed by atoms with Crippen LogP contribution in [0.1, 0.15) is 17.5 Å². The smallest absolute Gasteiger partial charge is 0.264 e. The zero-order valence-corrected chi connectivity index (χ0v) is 20.5. The van der Waals surface area contributed by atoms with Crippen molar-refractivity contribution in [1.29, 1.82) is 0 Å². The first-order valence-corrected chi connectivity index (χ1v) is 12.7. The topological polar surface area (TPSA) is 94.2 Å². The summed E-state index contributed by atoms with van der Waals surface area (Å²) in [6, 6.07) is 19.1. The molecule has 3 aromatic carbocycles. The van der Waals surface area contributed by atoms with Gasteiger partial charge in [-0.1, -0.05) is 24.3 Å². The number of sulfonamides is 1. The van der Waals surface area contributed by atoms with Gasteiger partial charge in [0, 0.05) is 6.54 Å². The van der Waals surface area contributed by atoms with Crippen LogP contribution >= 0.6 is 0 Å². The van der Waals surface area contributed by atoms with E-state index in [2.05, 4.69) is 5.32 Å². The number of nitrogens with one attached hydrogen (secondary N) is 1. The minimum absolute atomic E-state index is 0.175. The zero-order valence-electron chi connectivity index (χ0n) is 19.7. The van der Waals surface area contributed by atoms with Crippen molar-refractivity contribution in [2.45, 2.75) is 24.3 Å². The van der Waals surface area contributed by atoms with E-state index in [0.29, 0.717) is 23.8 Å². The van der Waals surface area contributed by atoms with Crippen LogP contribution in [-0.2, 0) is 27.8 Å². The Balaban J connectivity index is 1.37. The maximum atomic E-state index is 13.3. The van der Waals surface area contributed by atoms with Crippen LogP contribution in [0.5, 0.6) is 17.2 Å². The molecule has 0 radical (unpaired) electrons. The first-order valence-electron chi connectivity index (χ1n) is 11.2. The SMILES string of the molecule is COc1cccc(OC)c1CNC(=O)COc1ccc(S(=O)(=O)N2CCCc3ccccc32)cc1. The Morgan fingerprint density at radius 3 is 2.31 bits per heavy atom. The number of ether oxygens (including phenoxy) is 3. The summed E-state index contributed by atoms with van der Waals surface area (Å²) in [6.07, 6.45) is 1.63. The van der Waals surface area contributed by atoms with E-state index in [0.717, 1.165) is 29.7 Å². The lowest BCUT2D eigenvalue weighted by Crippen LogP contribution is -2.35. The Labute approximate surface area is 205 Å². The van der Waals surface area contributed by atoms with E-state index in [1.807, 2.05) is 24.3 Å². The van der Waals surface area contributed by atoms with Gasteiger partial charge in [-0.25, -0.2) is 8.42 Å². The minimum atomic E-state index is -3.70. The fourth-order valence-electron chi connectivity index (χ4n) is 4.07. The molecule has 4 rings (SSSR count). The second-order valence-electron chi connectivity index (χ2n) is 7.99. The monoisotopic (exact) mass is 496 g/mol. The molecule has 0 bridgehead atoms. The van der Waals surface area contributed by atoms with Crippen molar-refractivity contribution >= 4 is 21.6 Å². The molecule has 1 N–H and O–H groups in total. The Morgan fingerprint density at radius 1 is 0.943 bits per heavy atom. The Morgan fingerprint density at radius 2 is 1.63 bits per heavy atom. The summed E-state index contributed by atoms with van der Waals surface area (Å²) in [5.41, 5.74) is 2.47. The minimum Gasteiger partial charge on any atom is -0.496 e. The molecule has 184 valence electrons. The van der Waals surface area contributed by atoms with E-state index in [9.17, 15) is 13.2 Å². The molecule has 1 aliphatic rings. The summed E-state index contributed by atoms with van der Waals surface area (Å²) in [4.78, 5) is 12.5. The molecule has 3 aromatic rings. The average Bonchev–Trinajstić information content (AvgIpc) is 2.90. The summed E-state index contributed by atoms with van der Waals surface area (Å²) < 4.78 is 44.2. The lowest BCUT2D eigenvalue weighted by molar-refractivity contribution is -0.123. The number of rotatable bonds is 9. The summed E-state index contributed by atoms with van der Waals surface area (Å²) in [7, 11) is -0.596. The molecule has 8 nitrogen and oxygen atoms in total. The summed E-state index contributed by atoms with van der Waals surface area (Å²) in [5, 5.41) is 2.78. The highest BCUT2D eigenvalue weighted by Gasteiger charge is 2.28. The van der Waals surface area contributed by atoms with E-state index in [4.69, 9.17) is 14.2 Å². The molecule has 0 aliphatic carbocycles. The number of aryl methyl sites for hydroxylation is 1.